The average Bonchev–Trinajstić information content (AvgIpc) is 3.09. The number of carbonyl (C=O) groups excluding carboxylic acids is 1. The third kappa shape index (κ3) is 3.46. The van der Waals surface area contributed by atoms with Crippen LogP contribution in [-0.2, 0) is 24.1 Å². The van der Waals surface area contributed by atoms with E-state index in [-0.39, 0.29) is 11.9 Å². The third-order valence-electron chi connectivity index (χ3n) is 5.23. The Morgan fingerprint density at radius 1 is 1.08 bits per heavy atom. The van der Waals surface area contributed by atoms with Crippen LogP contribution < -0.4 is 5.32 Å². The molecule has 0 spiro atoms. The van der Waals surface area contributed by atoms with Crippen molar-refractivity contribution in [2.45, 2.75) is 45.1 Å². The molecule has 2 N–H and O–H groups in total. The maximum Gasteiger partial charge on any atom is 0.224 e. The third-order valence-corrected chi connectivity index (χ3v) is 5.23. The predicted octanol–water partition coefficient (Wildman–Crippen LogP) is 4.47. The molecule has 128 valence electrons. The highest BCUT2D eigenvalue weighted by molar-refractivity contribution is 5.83. The van der Waals surface area contributed by atoms with Crippen molar-refractivity contribution in [2.24, 2.45) is 0 Å². The molecule has 3 nitrogen and oxygen atoms in total. The van der Waals surface area contributed by atoms with E-state index in [0.29, 0.717) is 6.42 Å². The molecule has 1 amide bonds. The molecule has 1 aliphatic rings. The highest BCUT2D eigenvalue weighted by Crippen LogP contribution is 2.25. The van der Waals surface area contributed by atoms with E-state index in [4.69, 9.17) is 0 Å². The van der Waals surface area contributed by atoms with E-state index in [1.807, 2.05) is 24.4 Å². The molecular formula is C22H24N2O. The number of hydrogen-bond acceptors (Lipinski definition) is 1. The standard InChI is InChI=1S/C22H24N2O/c1-15(18-8-7-17-4-2-3-5-19(17)14-18)24-22(25)13-16-6-9-21-20(12-16)10-11-23-21/h6-12,14-15,23H,2-5,13H2,1H3,(H,24,25). The van der Waals surface area contributed by atoms with Gasteiger partial charge in [-0.2, -0.15) is 0 Å². The van der Waals surface area contributed by atoms with Crippen molar-refractivity contribution in [1.29, 1.82) is 0 Å². The van der Waals surface area contributed by atoms with Gasteiger partial charge in [0.25, 0.3) is 0 Å². The summed E-state index contributed by atoms with van der Waals surface area (Å²) < 4.78 is 0. The van der Waals surface area contributed by atoms with Gasteiger partial charge >= 0.3 is 0 Å². The molecule has 1 aliphatic carbocycles. The maximum absolute atomic E-state index is 12.4. The van der Waals surface area contributed by atoms with E-state index in [2.05, 4.69) is 41.5 Å². The van der Waals surface area contributed by atoms with Crippen LogP contribution in [0.15, 0.2) is 48.7 Å². The number of aromatic amines is 1. The first kappa shape index (κ1) is 15.9. The second-order valence-corrected chi connectivity index (χ2v) is 7.10. The number of benzene rings is 2. The molecule has 2 aromatic carbocycles. The van der Waals surface area contributed by atoms with Crippen LogP contribution >= 0.6 is 0 Å². The van der Waals surface area contributed by atoms with Crippen LogP contribution in [0.1, 0.15) is 48.1 Å². The Labute approximate surface area is 148 Å². The van der Waals surface area contributed by atoms with Gasteiger partial charge in [0.1, 0.15) is 0 Å². The molecule has 0 saturated carbocycles. The predicted molar refractivity (Wildman–Crippen MR) is 102 cm³/mol. The minimum absolute atomic E-state index is 0.0377. The fourth-order valence-electron chi connectivity index (χ4n) is 3.80. The molecular weight excluding hydrogens is 308 g/mol. The molecule has 0 aliphatic heterocycles. The smallest absolute Gasteiger partial charge is 0.224 e. The molecule has 1 unspecified atom stereocenters. The van der Waals surface area contributed by atoms with Gasteiger partial charge in [-0.15, -0.1) is 0 Å². The molecule has 1 aromatic heterocycles. The van der Waals surface area contributed by atoms with Crippen LogP contribution in [0.4, 0.5) is 0 Å². The van der Waals surface area contributed by atoms with Crippen molar-refractivity contribution < 1.29 is 4.79 Å². The first-order valence-electron chi connectivity index (χ1n) is 9.16. The number of H-pyrrole nitrogens is 1. The van der Waals surface area contributed by atoms with Crippen molar-refractivity contribution >= 4 is 16.8 Å². The summed E-state index contributed by atoms with van der Waals surface area (Å²) in [4.78, 5) is 15.6. The molecule has 4 rings (SSSR count). The number of carbonyl (C=O) groups is 1. The molecule has 0 saturated heterocycles. The summed E-state index contributed by atoms with van der Waals surface area (Å²) in [5.74, 6) is 0.0695. The summed E-state index contributed by atoms with van der Waals surface area (Å²) in [7, 11) is 0. The Kier molecular flexibility index (Phi) is 4.31. The zero-order valence-corrected chi connectivity index (χ0v) is 14.6. The van der Waals surface area contributed by atoms with Crippen LogP contribution in [0.5, 0.6) is 0 Å². The van der Waals surface area contributed by atoms with Gasteiger partial charge in [-0.05, 0) is 78.4 Å². The number of fused-ring (bicyclic) bond motifs is 2. The second kappa shape index (κ2) is 6.75. The first-order valence-corrected chi connectivity index (χ1v) is 9.16. The van der Waals surface area contributed by atoms with E-state index in [1.165, 1.54) is 42.4 Å². The minimum atomic E-state index is 0.0377. The minimum Gasteiger partial charge on any atom is -0.361 e. The Hall–Kier alpha value is -2.55. The summed E-state index contributed by atoms with van der Waals surface area (Å²) >= 11 is 0. The summed E-state index contributed by atoms with van der Waals surface area (Å²) in [6, 6.07) is 14.9. The van der Waals surface area contributed by atoms with E-state index in [1.54, 1.807) is 0 Å². The number of rotatable bonds is 4. The number of aryl methyl sites for hydroxylation is 2. The summed E-state index contributed by atoms with van der Waals surface area (Å²) in [5.41, 5.74) is 6.29. The molecule has 3 aromatic rings. The van der Waals surface area contributed by atoms with Crippen molar-refractivity contribution in [3.05, 3.63) is 70.9 Å². The zero-order chi connectivity index (χ0) is 17.2. The van der Waals surface area contributed by atoms with Crippen molar-refractivity contribution in [3.63, 3.8) is 0 Å². The second-order valence-electron chi connectivity index (χ2n) is 7.10. The van der Waals surface area contributed by atoms with Crippen LogP contribution in [0, 0.1) is 0 Å². The van der Waals surface area contributed by atoms with Crippen LogP contribution in [0.3, 0.4) is 0 Å². The van der Waals surface area contributed by atoms with Gasteiger partial charge < -0.3 is 10.3 Å². The lowest BCUT2D eigenvalue weighted by Crippen LogP contribution is -2.28. The quantitative estimate of drug-likeness (QED) is 0.727. The summed E-state index contributed by atoms with van der Waals surface area (Å²) in [5, 5.41) is 4.29. The fraction of sp³-hybridized carbons (Fsp3) is 0.318. The Morgan fingerprint density at radius 2 is 1.92 bits per heavy atom. The lowest BCUT2D eigenvalue weighted by Gasteiger charge is -2.20. The van der Waals surface area contributed by atoms with Crippen LogP contribution in [-0.4, -0.2) is 10.9 Å². The molecule has 0 radical (unpaired) electrons. The van der Waals surface area contributed by atoms with Gasteiger partial charge in [0.15, 0.2) is 0 Å². The molecule has 1 heterocycles. The monoisotopic (exact) mass is 332 g/mol. The van der Waals surface area contributed by atoms with Crippen LogP contribution in [0.25, 0.3) is 10.9 Å². The largest absolute Gasteiger partial charge is 0.361 e. The first-order chi connectivity index (χ1) is 12.2. The van der Waals surface area contributed by atoms with E-state index < -0.39 is 0 Å². The molecule has 3 heteroatoms. The van der Waals surface area contributed by atoms with Gasteiger partial charge in [-0.1, -0.05) is 24.3 Å². The SMILES string of the molecule is CC(NC(=O)Cc1ccc2[nH]ccc2c1)c1ccc2c(c1)CCCC2. The van der Waals surface area contributed by atoms with Gasteiger partial charge in [0, 0.05) is 11.7 Å². The molecule has 25 heavy (non-hydrogen) atoms. The fourth-order valence-corrected chi connectivity index (χ4v) is 3.80. The van der Waals surface area contributed by atoms with Gasteiger partial charge in [0.2, 0.25) is 5.91 Å². The highest BCUT2D eigenvalue weighted by atomic mass is 16.1. The van der Waals surface area contributed by atoms with Crippen molar-refractivity contribution in [2.75, 3.05) is 0 Å². The van der Waals surface area contributed by atoms with Crippen molar-refractivity contribution in [1.82, 2.24) is 10.3 Å². The molecule has 0 fully saturated rings. The van der Waals surface area contributed by atoms with Gasteiger partial charge in [0.05, 0.1) is 12.5 Å². The number of aromatic nitrogens is 1. The summed E-state index contributed by atoms with van der Waals surface area (Å²) in [6.07, 6.45) is 7.27. The topological polar surface area (TPSA) is 44.9 Å². The number of amides is 1. The average molecular weight is 332 g/mol. The Bertz CT molecular complexity index is 909. The molecule has 0 bridgehead atoms. The van der Waals surface area contributed by atoms with E-state index >= 15 is 0 Å². The van der Waals surface area contributed by atoms with Gasteiger partial charge in [-0.3, -0.25) is 4.79 Å². The normalized spacial score (nSPS) is 14.9. The Morgan fingerprint density at radius 3 is 2.80 bits per heavy atom. The lowest BCUT2D eigenvalue weighted by atomic mass is 9.89. The van der Waals surface area contributed by atoms with Crippen molar-refractivity contribution in [3.8, 4) is 0 Å². The lowest BCUT2D eigenvalue weighted by molar-refractivity contribution is -0.121. The number of hydrogen-bond donors (Lipinski definition) is 2. The van der Waals surface area contributed by atoms with Crippen LogP contribution in [0.2, 0.25) is 0 Å². The Balaban J connectivity index is 1.43. The van der Waals surface area contributed by atoms with Gasteiger partial charge in [-0.25, -0.2) is 0 Å². The highest BCUT2D eigenvalue weighted by Gasteiger charge is 2.14. The molecule has 1 atom stereocenters. The maximum atomic E-state index is 12.4. The number of nitrogens with one attached hydrogen (secondary N) is 2. The van der Waals surface area contributed by atoms with E-state index in [9.17, 15) is 4.79 Å². The van der Waals surface area contributed by atoms with E-state index in [0.717, 1.165) is 16.5 Å². The summed E-state index contributed by atoms with van der Waals surface area (Å²) in [6.45, 7) is 2.07. The zero-order valence-electron chi connectivity index (χ0n) is 14.6.